The maximum Gasteiger partial charge on any atom is 0.261 e. The van der Waals surface area contributed by atoms with E-state index < -0.39 is 0 Å². The van der Waals surface area contributed by atoms with E-state index in [2.05, 4.69) is 50.2 Å². The van der Waals surface area contributed by atoms with E-state index in [1.807, 2.05) is 42.9 Å². The van der Waals surface area contributed by atoms with Crippen LogP contribution in [-0.4, -0.2) is 33.9 Å². The Morgan fingerprint density at radius 3 is 2.26 bits per heavy atom. The molecular weight excluding hydrogens is 494 g/mol. The number of methoxy groups -OCH3 is 1. The minimum absolute atomic E-state index is 0.0396. The first kappa shape index (κ1) is 27.5. The first-order valence-electron chi connectivity index (χ1n) is 13.1. The minimum Gasteiger partial charge on any atom is -0.507 e. The number of carbonyl (C=O) groups is 1. The molecule has 0 unspecified atom stereocenters. The van der Waals surface area contributed by atoms with Crippen LogP contribution in [0.15, 0.2) is 60.2 Å². The van der Waals surface area contributed by atoms with Crippen molar-refractivity contribution in [2.24, 2.45) is 7.05 Å². The van der Waals surface area contributed by atoms with Gasteiger partial charge in [0.05, 0.1) is 18.2 Å². The Morgan fingerprint density at radius 1 is 1.03 bits per heavy atom. The summed E-state index contributed by atoms with van der Waals surface area (Å²) in [5.41, 5.74) is 6.38. The van der Waals surface area contributed by atoms with E-state index in [1.54, 1.807) is 24.1 Å². The third-order valence-electron chi connectivity index (χ3n) is 6.64. The molecule has 0 spiro atoms. The van der Waals surface area contributed by atoms with E-state index in [0.717, 1.165) is 45.7 Å². The van der Waals surface area contributed by atoms with Crippen LogP contribution in [0.1, 0.15) is 73.2 Å². The summed E-state index contributed by atoms with van der Waals surface area (Å²) in [5, 5.41) is 19.0. The molecule has 2 aromatic heterocycles. The highest BCUT2D eigenvalue weighted by Gasteiger charge is 2.24. The fraction of sp³-hybridized carbons (Fsp3) is 0.355. The Kier molecular flexibility index (Phi) is 8.57. The molecule has 5 rings (SSSR count). The average Bonchev–Trinajstić information content (AvgIpc) is 3.38. The SMILES string of the molecule is CC(C)c1ccc(O)c(-c2cnn(C)c2)c1.COc1ccc(C(C)C)cc1-c1csc(C(=O)NC2CC2)c1. The van der Waals surface area contributed by atoms with Gasteiger partial charge in [0, 0.05) is 36.0 Å². The van der Waals surface area contributed by atoms with Crippen molar-refractivity contribution < 1.29 is 14.6 Å². The molecule has 0 saturated heterocycles. The van der Waals surface area contributed by atoms with Gasteiger partial charge in [-0.3, -0.25) is 9.48 Å². The van der Waals surface area contributed by atoms with Crippen LogP contribution in [0.5, 0.6) is 11.5 Å². The first-order valence-corrected chi connectivity index (χ1v) is 13.9. The Morgan fingerprint density at radius 2 is 1.68 bits per heavy atom. The molecule has 7 heteroatoms. The second-order valence-corrected chi connectivity index (χ2v) is 11.3. The number of thiophene rings is 1. The average molecular weight is 532 g/mol. The fourth-order valence-corrected chi connectivity index (χ4v) is 4.91. The summed E-state index contributed by atoms with van der Waals surface area (Å²) in [7, 11) is 3.55. The number of phenolic OH excluding ortho intramolecular Hbond substituents is 1. The van der Waals surface area contributed by atoms with Crippen molar-refractivity contribution in [2.75, 3.05) is 7.11 Å². The number of phenols is 1. The molecule has 0 bridgehead atoms. The molecule has 0 radical (unpaired) electrons. The number of rotatable bonds is 7. The molecule has 1 aliphatic rings. The number of aryl methyl sites for hydroxylation is 1. The number of aromatic hydroxyl groups is 1. The Bertz CT molecular complexity index is 1400. The molecule has 2 heterocycles. The zero-order chi connectivity index (χ0) is 27.4. The van der Waals surface area contributed by atoms with Gasteiger partial charge in [-0.05, 0) is 77.1 Å². The number of nitrogens with zero attached hydrogens (tertiary/aromatic N) is 2. The summed E-state index contributed by atoms with van der Waals surface area (Å²) in [4.78, 5) is 12.9. The lowest BCUT2D eigenvalue weighted by molar-refractivity contribution is 0.0955. The maximum absolute atomic E-state index is 12.1. The molecule has 2 aromatic carbocycles. The molecule has 2 N–H and O–H groups in total. The van der Waals surface area contributed by atoms with Gasteiger partial charge in [0.1, 0.15) is 11.5 Å². The molecule has 38 heavy (non-hydrogen) atoms. The number of nitrogens with one attached hydrogen (secondary N) is 1. The first-order chi connectivity index (χ1) is 18.2. The van der Waals surface area contributed by atoms with E-state index in [4.69, 9.17) is 4.74 Å². The summed E-state index contributed by atoms with van der Waals surface area (Å²) >= 11 is 1.49. The van der Waals surface area contributed by atoms with Gasteiger partial charge in [-0.2, -0.15) is 5.10 Å². The maximum atomic E-state index is 12.1. The lowest BCUT2D eigenvalue weighted by Gasteiger charge is -2.12. The van der Waals surface area contributed by atoms with Crippen molar-refractivity contribution in [3.05, 3.63) is 76.2 Å². The molecule has 1 saturated carbocycles. The van der Waals surface area contributed by atoms with Gasteiger partial charge in [-0.25, -0.2) is 0 Å². The van der Waals surface area contributed by atoms with E-state index in [0.29, 0.717) is 23.6 Å². The summed E-state index contributed by atoms with van der Waals surface area (Å²) in [6.07, 6.45) is 5.88. The lowest BCUT2D eigenvalue weighted by atomic mass is 9.97. The van der Waals surface area contributed by atoms with E-state index >= 15 is 0 Å². The molecule has 4 aromatic rings. The van der Waals surface area contributed by atoms with Gasteiger partial charge in [0.15, 0.2) is 0 Å². The van der Waals surface area contributed by atoms with Gasteiger partial charge in [0.25, 0.3) is 5.91 Å². The fourth-order valence-electron chi connectivity index (χ4n) is 4.10. The zero-order valence-electron chi connectivity index (χ0n) is 23.0. The standard InChI is InChI=1S/C18H21NO2S.C13H16N2O/c1-11(2)12-4-7-16(21-3)15(8-12)13-9-17(22-10-13)18(20)19-14-5-6-14;1-9(2)10-4-5-13(16)12(6-10)11-7-14-15(3)8-11/h4,7-11,14H,5-6H2,1-3H3,(H,19,20);4-9,16H,1-3H3. The third-order valence-corrected chi connectivity index (χ3v) is 7.57. The molecule has 6 nitrogen and oxygen atoms in total. The van der Waals surface area contributed by atoms with Gasteiger partial charge < -0.3 is 15.2 Å². The monoisotopic (exact) mass is 531 g/mol. The van der Waals surface area contributed by atoms with Crippen molar-refractivity contribution in [3.8, 4) is 33.8 Å². The summed E-state index contributed by atoms with van der Waals surface area (Å²) in [5.74, 6) is 2.10. The number of amides is 1. The van der Waals surface area contributed by atoms with Gasteiger partial charge in [-0.1, -0.05) is 39.8 Å². The molecule has 0 aliphatic heterocycles. The van der Waals surface area contributed by atoms with E-state index in [1.165, 1.54) is 22.5 Å². The highest BCUT2D eigenvalue weighted by molar-refractivity contribution is 7.12. The van der Waals surface area contributed by atoms with Crippen LogP contribution < -0.4 is 10.1 Å². The van der Waals surface area contributed by atoms with Crippen LogP contribution in [0.4, 0.5) is 0 Å². The van der Waals surface area contributed by atoms with Crippen LogP contribution in [0.25, 0.3) is 22.3 Å². The number of benzene rings is 2. The van der Waals surface area contributed by atoms with Crippen molar-refractivity contribution in [2.45, 2.75) is 58.4 Å². The van der Waals surface area contributed by atoms with E-state index in [9.17, 15) is 9.90 Å². The summed E-state index contributed by atoms with van der Waals surface area (Å²) < 4.78 is 7.22. The number of aromatic nitrogens is 2. The van der Waals surface area contributed by atoms with Gasteiger partial charge in [0.2, 0.25) is 0 Å². The second-order valence-electron chi connectivity index (χ2n) is 10.4. The van der Waals surface area contributed by atoms with Crippen molar-refractivity contribution >= 4 is 17.2 Å². The van der Waals surface area contributed by atoms with Crippen molar-refractivity contribution in [1.82, 2.24) is 15.1 Å². The zero-order valence-corrected chi connectivity index (χ0v) is 23.8. The molecule has 0 atom stereocenters. The number of hydrogen-bond donors (Lipinski definition) is 2. The van der Waals surface area contributed by atoms with Crippen LogP contribution in [0.2, 0.25) is 0 Å². The van der Waals surface area contributed by atoms with Gasteiger partial charge in [-0.15, -0.1) is 11.3 Å². The van der Waals surface area contributed by atoms with Crippen molar-refractivity contribution in [3.63, 3.8) is 0 Å². The Labute approximate surface area is 229 Å². The highest BCUT2D eigenvalue weighted by Crippen LogP contribution is 2.36. The summed E-state index contributed by atoms with van der Waals surface area (Å²) in [6.45, 7) is 8.63. The molecule has 1 aliphatic carbocycles. The largest absolute Gasteiger partial charge is 0.507 e. The van der Waals surface area contributed by atoms with Crippen LogP contribution in [-0.2, 0) is 7.05 Å². The van der Waals surface area contributed by atoms with Gasteiger partial charge >= 0.3 is 0 Å². The Balaban J connectivity index is 0.000000186. The van der Waals surface area contributed by atoms with Crippen LogP contribution >= 0.6 is 11.3 Å². The smallest absolute Gasteiger partial charge is 0.261 e. The quantitative estimate of drug-likeness (QED) is 0.261. The normalized spacial score (nSPS) is 12.8. The number of carbonyl (C=O) groups excluding carboxylic acids is 1. The topological polar surface area (TPSA) is 76.4 Å². The molecule has 1 amide bonds. The molecule has 200 valence electrons. The van der Waals surface area contributed by atoms with E-state index in [-0.39, 0.29) is 5.91 Å². The lowest BCUT2D eigenvalue weighted by Crippen LogP contribution is -2.24. The van der Waals surface area contributed by atoms with Crippen LogP contribution in [0, 0.1) is 0 Å². The van der Waals surface area contributed by atoms with Crippen LogP contribution in [0.3, 0.4) is 0 Å². The minimum atomic E-state index is 0.0396. The third kappa shape index (κ3) is 6.64. The summed E-state index contributed by atoms with van der Waals surface area (Å²) in [6, 6.07) is 14.3. The Hall–Kier alpha value is -3.58. The predicted octanol–water partition coefficient (Wildman–Crippen LogP) is 7.36. The highest BCUT2D eigenvalue weighted by atomic mass is 32.1. The molecule has 1 fully saturated rings. The molecular formula is C31H37N3O3S. The number of ether oxygens (including phenoxy) is 1. The number of hydrogen-bond acceptors (Lipinski definition) is 5. The second kappa shape index (κ2) is 11.9. The van der Waals surface area contributed by atoms with Crippen molar-refractivity contribution in [1.29, 1.82) is 0 Å². The predicted molar refractivity (Wildman–Crippen MR) is 155 cm³/mol.